The second-order valence-corrected chi connectivity index (χ2v) is 7.25. The summed E-state index contributed by atoms with van der Waals surface area (Å²) in [6, 6.07) is 3.67. The Hall–Kier alpha value is -2.22. The molecule has 2 aromatic heterocycles. The van der Waals surface area contributed by atoms with Gasteiger partial charge in [-0.15, -0.1) is 21.5 Å². The molecule has 128 valence electrons. The number of hydrogen-bond acceptors (Lipinski definition) is 7. The summed E-state index contributed by atoms with van der Waals surface area (Å²) in [6.45, 7) is 5.04. The number of rotatable bonds is 4. The van der Waals surface area contributed by atoms with Gasteiger partial charge in [-0.2, -0.15) is 0 Å². The van der Waals surface area contributed by atoms with Gasteiger partial charge in [0.05, 0.1) is 17.2 Å². The van der Waals surface area contributed by atoms with E-state index in [2.05, 4.69) is 15.2 Å². The highest BCUT2D eigenvalue weighted by Gasteiger charge is 2.30. The molecule has 1 fully saturated rings. The molecule has 24 heavy (non-hydrogen) atoms. The van der Waals surface area contributed by atoms with Crippen LogP contribution in [0.3, 0.4) is 0 Å². The fourth-order valence-corrected chi connectivity index (χ4v) is 3.56. The molecule has 0 saturated carbocycles. The quantitative estimate of drug-likeness (QED) is 0.841. The first-order chi connectivity index (χ1) is 11.4. The maximum atomic E-state index is 12.6. The van der Waals surface area contributed by atoms with E-state index in [9.17, 15) is 4.79 Å². The van der Waals surface area contributed by atoms with Crippen LogP contribution >= 0.6 is 11.3 Å². The van der Waals surface area contributed by atoms with Gasteiger partial charge in [0, 0.05) is 33.1 Å². The first kappa shape index (κ1) is 16.6. The molecule has 1 amide bonds. The standard InChI is InChI=1S/C16H21N5O2S/c1-10-15(24-11(2)17-10)16(22)21-8-7-12(9-21)23-14-6-5-13(18-19-14)20(3)4/h5-6,12H,7-9H2,1-4H3. The second kappa shape index (κ2) is 6.72. The van der Waals surface area contributed by atoms with E-state index in [-0.39, 0.29) is 12.0 Å². The molecule has 1 atom stereocenters. The summed E-state index contributed by atoms with van der Waals surface area (Å²) in [5.74, 6) is 1.31. The monoisotopic (exact) mass is 347 g/mol. The number of aromatic nitrogens is 3. The summed E-state index contributed by atoms with van der Waals surface area (Å²) in [4.78, 5) is 21.4. The molecule has 1 aliphatic rings. The van der Waals surface area contributed by atoms with Gasteiger partial charge in [-0.1, -0.05) is 0 Å². The van der Waals surface area contributed by atoms with Crippen LogP contribution in [0, 0.1) is 13.8 Å². The third-order valence-electron chi connectivity index (χ3n) is 3.90. The molecule has 0 aromatic carbocycles. The van der Waals surface area contributed by atoms with Gasteiger partial charge in [0.2, 0.25) is 5.88 Å². The highest BCUT2D eigenvalue weighted by Crippen LogP contribution is 2.23. The third-order valence-corrected chi connectivity index (χ3v) is 4.96. The lowest BCUT2D eigenvalue weighted by Crippen LogP contribution is -2.31. The van der Waals surface area contributed by atoms with Gasteiger partial charge in [0.15, 0.2) is 5.82 Å². The Labute approximate surface area is 145 Å². The molecule has 2 aromatic rings. The van der Waals surface area contributed by atoms with Gasteiger partial charge in [-0.05, 0) is 19.9 Å². The minimum atomic E-state index is -0.0530. The van der Waals surface area contributed by atoms with Crippen molar-refractivity contribution in [3.05, 3.63) is 27.7 Å². The van der Waals surface area contributed by atoms with Gasteiger partial charge < -0.3 is 14.5 Å². The van der Waals surface area contributed by atoms with Crippen molar-refractivity contribution in [2.24, 2.45) is 0 Å². The number of nitrogens with zero attached hydrogens (tertiary/aromatic N) is 5. The number of anilines is 1. The molecular formula is C16H21N5O2S. The SMILES string of the molecule is Cc1nc(C)c(C(=O)N2CCC(Oc3ccc(N(C)C)nn3)C2)s1. The summed E-state index contributed by atoms with van der Waals surface area (Å²) in [5.41, 5.74) is 0.803. The number of carbonyl (C=O) groups is 1. The van der Waals surface area contributed by atoms with Crippen LogP contribution in [0.1, 0.15) is 26.8 Å². The molecule has 8 heteroatoms. The van der Waals surface area contributed by atoms with Gasteiger partial charge >= 0.3 is 0 Å². The zero-order valence-corrected chi connectivity index (χ0v) is 15.1. The van der Waals surface area contributed by atoms with Crippen molar-refractivity contribution < 1.29 is 9.53 Å². The molecule has 0 aliphatic carbocycles. The second-order valence-electron chi connectivity index (χ2n) is 6.05. The lowest BCUT2D eigenvalue weighted by molar-refractivity contribution is 0.0774. The van der Waals surface area contributed by atoms with Crippen molar-refractivity contribution >= 4 is 23.1 Å². The van der Waals surface area contributed by atoms with Crippen molar-refractivity contribution in [1.29, 1.82) is 0 Å². The third kappa shape index (κ3) is 3.48. The normalized spacial score (nSPS) is 17.2. The van der Waals surface area contributed by atoms with E-state index >= 15 is 0 Å². The number of likely N-dealkylation sites (tertiary alicyclic amines) is 1. The molecule has 3 rings (SSSR count). The van der Waals surface area contributed by atoms with E-state index in [1.807, 2.05) is 49.9 Å². The van der Waals surface area contributed by atoms with Crippen LogP contribution in [0.25, 0.3) is 0 Å². The van der Waals surface area contributed by atoms with E-state index in [4.69, 9.17) is 4.74 Å². The van der Waals surface area contributed by atoms with Crippen molar-refractivity contribution in [1.82, 2.24) is 20.1 Å². The minimum Gasteiger partial charge on any atom is -0.471 e. The number of thiazole rings is 1. The summed E-state index contributed by atoms with van der Waals surface area (Å²) in [7, 11) is 3.82. The van der Waals surface area contributed by atoms with Crippen LogP contribution < -0.4 is 9.64 Å². The number of ether oxygens (including phenoxy) is 1. The highest BCUT2D eigenvalue weighted by atomic mass is 32.1. The van der Waals surface area contributed by atoms with Crippen LogP contribution in [0.4, 0.5) is 5.82 Å². The van der Waals surface area contributed by atoms with E-state index < -0.39 is 0 Å². The van der Waals surface area contributed by atoms with Crippen molar-refractivity contribution in [3.8, 4) is 5.88 Å². The lowest BCUT2D eigenvalue weighted by atomic mass is 10.3. The molecule has 7 nitrogen and oxygen atoms in total. The molecule has 1 saturated heterocycles. The van der Waals surface area contributed by atoms with Crippen molar-refractivity contribution in [3.63, 3.8) is 0 Å². The summed E-state index contributed by atoms with van der Waals surface area (Å²) < 4.78 is 5.86. The van der Waals surface area contributed by atoms with E-state index in [1.54, 1.807) is 0 Å². The predicted octanol–water partition coefficient (Wildman–Crippen LogP) is 1.91. The molecular weight excluding hydrogens is 326 g/mol. The first-order valence-electron chi connectivity index (χ1n) is 7.85. The summed E-state index contributed by atoms with van der Waals surface area (Å²) in [5, 5.41) is 9.10. The smallest absolute Gasteiger partial charge is 0.265 e. The maximum Gasteiger partial charge on any atom is 0.265 e. The number of hydrogen-bond donors (Lipinski definition) is 0. The highest BCUT2D eigenvalue weighted by molar-refractivity contribution is 7.13. The minimum absolute atomic E-state index is 0.0400. The Bertz CT molecular complexity index is 729. The number of aryl methyl sites for hydroxylation is 2. The molecule has 0 spiro atoms. The van der Waals surface area contributed by atoms with Crippen LogP contribution in [0.15, 0.2) is 12.1 Å². The van der Waals surface area contributed by atoms with E-state index in [0.717, 1.165) is 27.8 Å². The fourth-order valence-electron chi connectivity index (χ4n) is 2.67. The average Bonchev–Trinajstić information content (AvgIpc) is 3.13. The first-order valence-corrected chi connectivity index (χ1v) is 8.66. The van der Waals surface area contributed by atoms with E-state index in [1.165, 1.54) is 11.3 Å². The van der Waals surface area contributed by atoms with Crippen LogP contribution in [0.2, 0.25) is 0 Å². The zero-order chi connectivity index (χ0) is 17.3. The molecule has 1 unspecified atom stereocenters. The molecule has 1 aliphatic heterocycles. The Kier molecular flexibility index (Phi) is 4.66. The molecule has 0 bridgehead atoms. The zero-order valence-electron chi connectivity index (χ0n) is 14.3. The van der Waals surface area contributed by atoms with Crippen LogP contribution in [-0.2, 0) is 0 Å². The summed E-state index contributed by atoms with van der Waals surface area (Å²) >= 11 is 1.45. The maximum absolute atomic E-state index is 12.6. The van der Waals surface area contributed by atoms with E-state index in [0.29, 0.717) is 19.0 Å². The van der Waals surface area contributed by atoms with Gasteiger partial charge in [0.1, 0.15) is 11.0 Å². The lowest BCUT2D eigenvalue weighted by Gasteiger charge is -2.16. The van der Waals surface area contributed by atoms with Crippen LogP contribution in [-0.4, -0.2) is 59.3 Å². The Morgan fingerprint density at radius 3 is 2.71 bits per heavy atom. The van der Waals surface area contributed by atoms with Gasteiger partial charge in [0.25, 0.3) is 5.91 Å². The van der Waals surface area contributed by atoms with Crippen molar-refractivity contribution in [2.45, 2.75) is 26.4 Å². The molecule has 3 heterocycles. The van der Waals surface area contributed by atoms with Crippen molar-refractivity contribution in [2.75, 3.05) is 32.1 Å². The topological polar surface area (TPSA) is 71.5 Å². The Morgan fingerprint density at radius 1 is 1.33 bits per heavy atom. The van der Waals surface area contributed by atoms with Gasteiger partial charge in [-0.3, -0.25) is 4.79 Å². The van der Waals surface area contributed by atoms with Gasteiger partial charge in [-0.25, -0.2) is 4.98 Å². The Balaban J connectivity index is 1.61. The molecule has 0 N–H and O–H groups in total. The Morgan fingerprint density at radius 2 is 2.12 bits per heavy atom. The molecule has 0 radical (unpaired) electrons. The summed E-state index contributed by atoms with van der Waals surface area (Å²) in [6.07, 6.45) is 0.738. The average molecular weight is 347 g/mol. The predicted molar refractivity (Wildman–Crippen MR) is 92.9 cm³/mol. The van der Waals surface area contributed by atoms with Crippen LogP contribution in [0.5, 0.6) is 5.88 Å². The number of carbonyl (C=O) groups excluding carboxylic acids is 1. The fraction of sp³-hybridized carbons (Fsp3) is 0.500. The largest absolute Gasteiger partial charge is 0.471 e. The number of amides is 1.